The van der Waals surface area contributed by atoms with Crippen molar-refractivity contribution in [2.75, 3.05) is 34.9 Å². The maximum atomic E-state index is 5.46. The summed E-state index contributed by atoms with van der Waals surface area (Å²) < 4.78 is 16.2. The zero-order chi connectivity index (χ0) is 17.9. The number of benzene rings is 1. The summed E-state index contributed by atoms with van der Waals surface area (Å²) in [5.41, 5.74) is 0.922. The molecule has 0 saturated carbocycles. The summed E-state index contributed by atoms with van der Waals surface area (Å²) >= 11 is 0. The zero-order valence-corrected chi connectivity index (χ0v) is 15.7. The van der Waals surface area contributed by atoms with Gasteiger partial charge in [0.2, 0.25) is 0 Å². The lowest BCUT2D eigenvalue weighted by molar-refractivity contribution is 0.368. The largest absolute Gasteiger partial charge is 0.496 e. The van der Waals surface area contributed by atoms with Crippen molar-refractivity contribution in [3.8, 4) is 17.2 Å². The van der Waals surface area contributed by atoms with E-state index in [0.29, 0.717) is 23.8 Å². The molecule has 0 aromatic heterocycles. The van der Waals surface area contributed by atoms with Crippen molar-refractivity contribution < 1.29 is 14.2 Å². The standard InChI is InChI=1S/C18H31N3O3/c1-13(2)8-7-9-20-18(19-3)21-12-15-16(23-5)10-14(22-4)11-17(15)24-6/h10-11,13H,7-9,12H2,1-6H3,(H2,19,20,21). The summed E-state index contributed by atoms with van der Waals surface area (Å²) in [6.07, 6.45) is 2.32. The van der Waals surface area contributed by atoms with Crippen LogP contribution in [0.25, 0.3) is 0 Å². The highest BCUT2D eigenvalue weighted by Crippen LogP contribution is 2.33. The molecule has 1 rings (SSSR count). The lowest BCUT2D eigenvalue weighted by Gasteiger charge is -2.17. The third-order valence-electron chi connectivity index (χ3n) is 3.72. The summed E-state index contributed by atoms with van der Waals surface area (Å²) in [5.74, 6) is 3.61. The normalized spacial score (nSPS) is 11.4. The van der Waals surface area contributed by atoms with Crippen LogP contribution in [0.4, 0.5) is 0 Å². The minimum Gasteiger partial charge on any atom is -0.496 e. The van der Waals surface area contributed by atoms with E-state index in [1.54, 1.807) is 28.4 Å². The van der Waals surface area contributed by atoms with Crippen molar-refractivity contribution in [3.05, 3.63) is 17.7 Å². The molecule has 24 heavy (non-hydrogen) atoms. The minimum atomic E-state index is 0.542. The lowest BCUT2D eigenvalue weighted by atomic mass is 10.1. The first-order chi connectivity index (χ1) is 11.5. The maximum Gasteiger partial charge on any atom is 0.191 e. The van der Waals surface area contributed by atoms with Crippen molar-refractivity contribution in [1.82, 2.24) is 10.6 Å². The van der Waals surface area contributed by atoms with Crippen molar-refractivity contribution in [1.29, 1.82) is 0 Å². The smallest absolute Gasteiger partial charge is 0.191 e. The van der Waals surface area contributed by atoms with Gasteiger partial charge >= 0.3 is 0 Å². The van der Waals surface area contributed by atoms with Crippen LogP contribution in [0.5, 0.6) is 17.2 Å². The zero-order valence-electron chi connectivity index (χ0n) is 15.7. The molecule has 0 aliphatic carbocycles. The Labute approximate surface area is 145 Å². The molecule has 0 aliphatic heterocycles. The molecule has 0 heterocycles. The van der Waals surface area contributed by atoms with Gasteiger partial charge in [0.1, 0.15) is 17.2 Å². The Bertz CT molecular complexity index is 505. The molecule has 0 fully saturated rings. The fourth-order valence-electron chi connectivity index (χ4n) is 2.36. The average molecular weight is 337 g/mol. The van der Waals surface area contributed by atoms with E-state index in [4.69, 9.17) is 14.2 Å². The summed E-state index contributed by atoms with van der Waals surface area (Å²) in [5, 5.41) is 6.62. The molecular weight excluding hydrogens is 306 g/mol. The van der Waals surface area contributed by atoms with Gasteiger partial charge in [-0.2, -0.15) is 0 Å². The van der Waals surface area contributed by atoms with Crippen LogP contribution in [-0.2, 0) is 6.54 Å². The van der Waals surface area contributed by atoms with E-state index < -0.39 is 0 Å². The Hall–Kier alpha value is -2.11. The fraction of sp³-hybridized carbons (Fsp3) is 0.611. The Balaban J connectivity index is 2.70. The van der Waals surface area contributed by atoms with Gasteiger partial charge in [-0.25, -0.2) is 0 Å². The van der Waals surface area contributed by atoms with Gasteiger partial charge < -0.3 is 24.8 Å². The van der Waals surface area contributed by atoms with Crippen LogP contribution in [0.3, 0.4) is 0 Å². The van der Waals surface area contributed by atoms with Gasteiger partial charge in [-0.3, -0.25) is 4.99 Å². The SMILES string of the molecule is CN=C(NCCCC(C)C)NCc1c(OC)cc(OC)cc1OC. The van der Waals surface area contributed by atoms with Gasteiger partial charge in [-0.05, 0) is 18.8 Å². The van der Waals surface area contributed by atoms with E-state index in [-0.39, 0.29) is 0 Å². The van der Waals surface area contributed by atoms with Crippen molar-refractivity contribution in [3.63, 3.8) is 0 Å². The summed E-state index contributed by atoms with van der Waals surface area (Å²) in [6.45, 7) is 5.90. The number of nitrogens with zero attached hydrogens (tertiary/aromatic N) is 1. The third kappa shape index (κ3) is 6.18. The maximum absolute atomic E-state index is 5.46. The van der Waals surface area contributed by atoms with E-state index >= 15 is 0 Å². The second-order valence-electron chi connectivity index (χ2n) is 5.90. The van der Waals surface area contributed by atoms with E-state index in [1.807, 2.05) is 12.1 Å². The summed E-state index contributed by atoms with van der Waals surface area (Å²) in [4.78, 5) is 4.25. The van der Waals surface area contributed by atoms with Crippen LogP contribution in [0.1, 0.15) is 32.3 Å². The summed E-state index contributed by atoms with van der Waals surface area (Å²) in [7, 11) is 6.66. The van der Waals surface area contributed by atoms with E-state index in [1.165, 1.54) is 6.42 Å². The Morgan fingerprint density at radius 1 is 1.04 bits per heavy atom. The fourth-order valence-corrected chi connectivity index (χ4v) is 2.36. The van der Waals surface area contributed by atoms with Crippen molar-refractivity contribution in [2.45, 2.75) is 33.2 Å². The molecular formula is C18H31N3O3. The first kappa shape index (κ1) is 19.9. The number of ether oxygens (including phenoxy) is 3. The number of hydrogen-bond donors (Lipinski definition) is 2. The number of guanidine groups is 1. The molecule has 0 saturated heterocycles. The lowest BCUT2D eigenvalue weighted by Crippen LogP contribution is -2.37. The number of rotatable bonds is 9. The minimum absolute atomic E-state index is 0.542. The van der Waals surface area contributed by atoms with Crippen LogP contribution in [0, 0.1) is 5.92 Å². The second kappa shape index (κ2) is 10.6. The van der Waals surface area contributed by atoms with Crippen molar-refractivity contribution >= 4 is 5.96 Å². The third-order valence-corrected chi connectivity index (χ3v) is 3.72. The molecule has 6 nitrogen and oxygen atoms in total. The van der Waals surface area contributed by atoms with Crippen LogP contribution in [-0.4, -0.2) is 40.9 Å². The van der Waals surface area contributed by atoms with Crippen LogP contribution >= 0.6 is 0 Å². The Morgan fingerprint density at radius 2 is 1.67 bits per heavy atom. The highest BCUT2D eigenvalue weighted by molar-refractivity contribution is 5.79. The molecule has 136 valence electrons. The molecule has 0 amide bonds. The quantitative estimate of drug-likeness (QED) is 0.412. The van der Waals surface area contributed by atoms with E-state index in [9.17, 15) is 0 Å². The predicted molar refractivity (Wildman–Crippen MR) is 98.4 cm³/mol. The summed E-state index contributed by atoms with van der Waals surface area (Å²) in [6, 6.07) is 3.69. The number of methoxy groups -OCH3 is 3. The predicted octanol–water partition coefficient (Wildman–Crippen LogP) is 2.81. The topological polar surface area (TPSA) is 64.1 Å². The Kier molecular flexibility index (Phi) is 8.83. The molecule has 0 atom stereocenters. The first-order valence-corrected chi connectivity index (χ1v) is 8.29. The molecule has 0 aliphatic rings. The highest BCUT2D eigenvalue weighted by atomic mass is 16.5. The number of nitrogens with one attached hydrogen (secondary N) is 2. The Morgan fingerprint density at radius 3 is 2.12 bits per heavy atom. The van der Waals surface area contributed by atoms with Crippen LogP contribution in [0.2, 0.25) is 0 Å². The van der Waals surface area contributed by atoms with Gasteiger partial charge in [0.05, 0.1) is 33.4 Å². The van der Waals surface area contributed by atoms with Gasteiger partial charge in [0, 0.05) is 25.7 Å². The van der Waals surface area contributed by atoms with Gasteiger partial charge in [-0.15, -0.1) is 0 Å². The van der Waals surface area contributed by atoms with Gasteiger partial charge in [0.15, 0.2) is 5.96 Å². The molecule has 0 unspecified atom stereocenters. The highest BCUT2D eigenvalue weighted by Gasteiger charge is 2.13. The van der Waals surface area contributed by atoms with E-state index in [0.717, 1.165) is 30.4 Å². The molecule has 0 bridgehead atoms. The van der Waals surface area contributed by atoms with Crippen molar-refractivity contribution in [2.24, 2.45) is 10.9 Å². The molecule has 1 aromatic rings. The van der Waals surface area contributed by atoms with Gasteiger partial charge in [-0.1, -0.05) is 13.8 Å². The van der Waals surface area contributed by atoms with Crippen LogP contribution < -0.4 is 24.8 Å². The molecule has 2 N–H and O–H groups in total. The molecule has 1 aromatic carbocycles. The van der Waals surface area contributed by atoms with Gasteiger partial charge in [0.25, 0.3) is 0 Å². The monoisotopic (exact) mass is 337 g/mol. The second-order valence-corrected chi connectivity index (χ2v) is 5.90. The van der Waals surface area contributed by atoms with E-state index in [2.05, 4.69) is 29.5 Å². The molecule has 6 heteroatoms. The average Bonchev–Trinajstić information content (AvgIpc) is 2.60. The molecule has 0 spiro atoms. The van der Waals surface area contributed by atoms with Crippen LogP contribution in [0.15, 0.2) is 17.1 Å². The number of aliphatic imine (C=N–C) groups is 1. The first-order valence-electron chi connectivity index (χ1n) is 8.29. The molecule has 0 radical (unpaired) electrons. The number of hydrogen-bond acceptors (Lipinski definition) is 4.